The summed E-state index contributed by atoms with van der Waals surface area (Å²) in [5.74, 6) is 0.755. The van der Waals surface area contributed by atoms with Gasteiger partial charge in [0.25, 0.3) is 0 Å². The molecule has 0 bridgehead atoms. The Bertz CT molecular complexity index is 503. The summed E-state index contributed by atoms with van der Waals surface area (Å²) in [6.45, 7) is 19.6. The van der Waals surface area contributed by atoms with Gasteiger partial charge in [0.15, 0.2) is 0 Å². The molecule has 0 saturated heterocycles. The molecule has 0 aromatic rings. The van der Waals surface area contributed by atoms with E-state index in [1.54, 1.807) is 6.08 Å². The van der Waals surface area contributed by atoms with Gasteiger partial charge in [-0.05, 0) is 18.1 Å². The van der Waals surface area contributed by atoms with Gasteiger partial charge in [0.1, 0.15) is 25.3 Å². The quantitative estimate of drug-likeness (QED) is 0.276. The van der Waals surface area contributed by atoms with Crippen LogP contribution < -0.4 is 0 Å². The number of allylic oxidation sites excluding steroid dienone is 4. The summed E-state index contributed by atoms with van der Waals surface area (Å²) < 4.78 is 6.48. The van der Waals surface area contributed by atoms with Crippen LogP contribution in [-0.2, 0) is 9.53 Å². The topological polar surface area (TPSA) is 26.3 Å². The van der Waals surface area contributed by atoms with E-state index in [1.165, 1.54) is 0 Å². The summed E-state index contributed by atoms with van der Waals surface area (Å²) in [4.78, 5) is 11.5. The van der Waals surface area contributed by atoms with Gasteiger partial charge in [-0.15, -0.1) is 32.9 Å². The number of carbonyl (C=O) groups excluding carboxylic acids is 1. The molecule has 3 heteroatoms. The lowest BCUT2D eigenvalue weighted by Gasteiger charge is -2.46. The SMILES string of the molecule is C=CCC1=C(C=O)CC(CC=C)([Si](CC=C)(CC=C)CC=C)O1. The van der Waals surface area contributed by atoms with Gasteiger partial charge in [-0.2, -0.15) is 0 Å². The fourth-order valence-electron chi connectivity index (χ4n) is 3.65. The fraction of sp³-hybridized carbons (Fsp3) is 0.350. The molecule has 23 heavy (non-hydrogen) atoms. The molecule has 1 aliphatic heterocycles. The first-order chi connectivity index (χ1) is 11.1. The van der Waals surface area contributed by atoms with Gasteiger partial charge in [0, 0.05) is 24.8 Å². The van der Waals surface area contributed by atoms with E-state index in [1.807, 2.05) is 24.3 Å². The van der Waals surface area contributed by atoms with Crippen LogP contribution in [0.25, 0.3) is 0 Å². The minimum absolute atomic E-state index is 0.389. The summed E-state index contributed by atoms with van der Waals surface area (Å²) in [5.41, 5.74) is 0.751. The molecule has 2 nitrogen and oxygen atoms in total. The van der Waals surface area contributed by atoms with E-state index in [0.717, 1.165) is 35.8 Å². The minimum Gasteiger partial charge on any atom is -0.494 e. The number of aldehydes is 1. The lowest BCUT2D eigenvalue weighted by Crippen LogP contribution is -2.57. The van der Waals surface area contributed by atoms with Crippen molar-refractivity contribution >= 4 is 14.4 Å². The molecule has 1 heterocycles. The predicted octanol–water partition coefficient (Wildman–Crippen LogP) is 5.30. The van der Waals surface area contributed by atoms with Crippen LogP contribution in [0.3, 0.4) is 0 Å². The summed E-state index contributed by atoms with van der Waals surface area (Å²) >= 11 is 0. The number of hydrogen-bond donors (Lipinski definition) is 0. The van der Waals surface area contributed by atoms with E-state index in [-0.39, 0.29) is 5.22 Å². The Hall–Kier alpha value is -1.87. The van der Waals surface area contributed by atoms with E-state index < -0.39 is 8.07 Å². The highest BCUT2D eigenvalue weighted by Crippen LogP contribution is 2.48. The maximum atomic E-state index is 11.5. The molecule has 0 fully saturated rings. The van der Waals surface area contributed by atoms with Gasteiger partial charge in [-0.1, -0.05) is 30.4 Å². The largest absolute Gasteiger partial charge is 0.494 e. The molecule has 1 rings (SSSR count). The molecule has 0 saturated carbocycles. The van der Waals surface area contributed by atoms with Gasteiger partial charge < -0.3 is 4.74 Å². The van der Waals surface area contributed by atoms with Gasteiger partial charge in [-0.25, -0.2) is 0 Å². The summed E-state index contributed by atoms with van der Waals surface area (Å²) in [6.07, 6.45) is 12.4. The Labute approximate surface area is 141 Å². The fourth-order valence-corrected chi connectivity index (χ4v) is 8.41. The lowest BCUT2D eigenvalue weighted by molar-refractivity contribution is -0.105. The van der Waals surface area contributed by atoms with Crippen molar-refractivity contribution in [3.05, 3.63) is 74.6 Å². The highest BCUT2D eigenvalue weighted by Gasteiger charge is 2.55. The molecule has 0 aliphatic carbocycles. The van der Waals surface area contributed by atoms with Crippen LogP contribution in [0, 0.1) is 0 Å². The third kappa shape index (κ3) is 3.73. The van der Waals surface area contributed by atoms with Gasteiger partial charge in [-0.3, -0.25) is 4.79 Å². The molecule has 1 atom stereocenters. The molecule has 1 unspecified atom stereocenters. The second-order valence-corrected chi connectivity index (χ2v) is 10.8. The van der Waals surface area contributed by atoms with Gasteiger partial charge in [0.05, 0.1) is 0 Å². The Kier molecular flexibility index (Phi) is 7.24. The normalized spacial score (nSPS) is 20.5. The molecule has 0 amide bonds. The van der Waals surface area contributed by atoms with Crippen molar-refractivity contribution in [3.63, 3.8) is 0 Å². The van der Waals surface area contributed by atoms with Crippen molar-refractivity contribution in [2.45, 2.75) is 42.6 Å². The average Bonchev–Trinajstić information content (AvgIpc) is 2.88. The Balaban J connectivity index is 3.40. The van der Waals surface area contributed by atoms with Crippen LogP contribution in [0.1, 0.15) is 19.3 Å². The third-order valence-electron chi connectivity index (χ3n) is 4.67. The van der Waals surface area contributed by atoms with Crippen molar-refractivity contribution in [1.82, 2.24) is 0 Å². The Morgan fingerprint density at radius 3 is 1.91 bits per heavy atom. The molecular formula is C20H28O2Si. The van der Waals surface area contributed by atoms with Crippen molar-refractivity contribution in [3.8, 4) is 0 Å². The van der Waals surface area contributed by atoms with Crippen LogP contribution in [-0.4, -0.2) is 19.6 Å². The van der Waals surface area contributed by atoms with E-state index in [4.69, 9.17) is 4.74 Å². The Morgan fingerprint density at radius 2 is 1.52 bits per heavy atom. The van der Waals surface area contributed by atoms with E-state index in [9.17, 15) is 4.79 Å². The standard InChI is InChI=1S/C20H28O2Si/c1-6-11-19-18(17-21)16-20(22-19,12-7-2)23(13-8-3,14-9-4)15-10-5/h6-10,17H,1-5,11-16H2. The van der Waals surface area contributed by atoms with Crippen LogP contribution in [0.5, 0.6) is 0 Å². The van der Waals surface area contributed by atoms with E-state index >= 15 is 0 Å². The maximum Gasteiger partial charge on any atom is 0.149 e. The molecule has 0 radical (unpaired) electrons. The maximum absolute atomic E-state index is 11.5. The second kappa shape index (κ2) is 8.68. The van der Waals surface area contributed by atoms with Crippen LogP contribution in [0.4, 0.5) is 0 Å². The van der Waals surface area contributed by atoms with Gasteiger partial charge >= 0.3 is 0 Å². The highest BCUT2D eigenvalue weighted by molar-refractivity contribution is 6.83. The van der Waals surface area contributed by atoms with E-state index in [2.05, 4.69) is 32.9 Å². The molecule has 0 aromatic carbocycles. The van der Waals surface area contributed by atoms with Crippen molar-refractivity contribution in [2.75, 3.05) is 0 Å². The zero-order chi connectivity index (χ0) is 17.3. The number of carbonyl (C=O) groups is 1. The van der Waals surface area contributed by atoms with Crippen LogP contribution in [0.2, 0.25) is 18.1 Å². The first-order valence-corrected chi connectivity index (χ1v) is 10.6. The monoisotopic (exact) mass is 328 g/mol. The smallest absolute Gasteiger partial charge is 0.149 e. The summed E-state index contributed by atoms with van der Waals surface area (Å²) in [5, 5.41) is -0.389. The molecule has 1 aliphatic rings. The zero-order valence-corrected chi connectivity index (χ0v) is 15.1. The molecule has 0 aromatic heterocycles. The number of ether oxygens (including phenoxy) is 1. The second-order valence-electron chi connectivity index (χ2n) is 6.08. The summed E-state index contributed by atoms with van der Waals surface area (Å²) in [6, 6.07) is 2.69. The predicted molar refractivity (Wildman–Crippen MR) is 102 cm³/mol. The van der Waals surface area contributed by atoms with Crippen molar-refractivity contribution in [2.24, 2.45) is 0 Å². The highest BCUT2D eigenvalue weighted by atomic mass is 28.3. The van der Waals surface area contributed by atoms with E-state index in [0.29, 0.717) is 19.3 Å². The number of hydrogen-bond acceptors (Lipinski definition) is 2. The van der Waals surface area contributed by atoms with Gasteiger partial charge in [0.2, 0.25) is 0 Å². The Morgan fingerprint density at radius 1 is 0.957 bits per heavy atom. The molecule has 0 spiro atoms. The van der Waals surface area contributed by atoms with Crippen molar-refractivity contribution in [1.29, 1.82) is 0 Å². The molecule has 124 valence electrons. The van der Waals surface area contributed by atoms with Crippen molar-refractivity contribution < 1.29 is 9.53 Å². The van der Waals surface area contributed by atoms with Crippen LogP contribution >= 0.6 is 0 Å². The zero-order valence-electron chi connectivity index (χ0n) is 14.1. The summed E-state index contributed by atoms with van der Waals surface area (Å²) in [7, 11) is -2.05. The van der Waals surface area contributed by atoms with Crippen LogP contribution in [0.15, 0.2) is 74.6 Å². The third-order valence-corrected chi connectivity index (χ3v) is 10.3. The minimum atomic E-state index is -2.05. The molecular weight excluding hydrogens is 300 g/mol. The average molecular weight is 329 g/mol. The lowest BCUT2D eigenvalue weighted by atomic mass is 10.1. The number of rotatable bonds is 12. The molecule has 0 N–H and O–H groups in total. The first-order valence-electron chi connectivity index (χ1n) is 7.99. The first kappa shape index (κ1) is 19.2.